The van der Waals surface area contributed by atoms with Crippen molar-refractivity contribution in [3.05, 3.63) is 93.8 Å². The molecular weight excluding hydrogens is 897 g/mol. The fourth-order valence-corrected chi connectivity index (χ4v) is 10.4. The molecule has 0 radical (unpaired) electrons. The molecule has 4 atom stereocenters. The zero-order valence-corrected chi connectivity index (χ0v) is 39.0. The third kappa shape index (κ3) is 9.20. The van der Waals surface area contributed by atoms with E-state index in [-0.39, 0.29) is 83.8 Å². The van der Waals surface area contributed by atoms with E-state index in [1.54, 1.807) is 69.1 Å². The Morgan fingerprint density at radius 1 is 0.910 bits per heavy atom. The van der Waals surface area contributed by atoms with Crippen molar-refractivity contribution < 1.29 is 45.7 Å². The van der Waals surface area contributed by atoms with Crippen molar-refractivity contribution in [1.82, 2.24) is 24.8 Å². The van der Waals surface area contributed by atoms with E-state index in [9.17, 15) is 9.18 Å². The number of aromatic nitrogens is 3. The molecule has 12 nitrogen and oxygen atoms in total. The van der Waals surface area contributed by atoms with Crippen LogP contribution in [0.3, 0.4) is 0 Å². The molecule has 0 N–H and O–H groups in total. The number of carbonyl (C=O) groups is 1. The van der Waals surface area contributed by atoms with Crippen LogP contribution in [-0.4, -0.2) is 108 Å². The van der Waals surface area contributed by atoms with Crippen LogP contribution in [0.25, 0.3) is 22.2 Å². The van der Waals surface area contributed by atoms with Gasteiger partial charge >= 0.3 is 18.3 Å². The van der Waals surface area contributed by atoms with Crippen LogP contribution in [0.15, 0.2) is 60.7 Å². The molecule has 3 aromatic carbocycles. The van der Waals surface area contributed by atoms with Crippen LogP contribution < -0.4 is 24.0 Å². The van der Waals surface area contributed by atoms with Gasteiger partial charge in [-0.3, -0.25) is 4.90 Å². The average Bonchev–Trinajstić information content (AvgIpc) is 3.91. The quantitative estimate of drug-likeness (QED) is 0.112. The lowest BCUT2D eigenvalue weighted by Gasteiger charge is -2.43. The van der Waals surface area contributed by atoms with Gasteiger partial charge in [0, 0.05) is 57.0 Å². The molecular formula is C49H53ClF5N7O5. The highest BCUT2D eigenvalue weighted by molar-refractivity contribution is 6.34. The van der Waals surface area contributed by atoms with Gasteiger partial charge in [0.2, 0.25) is 0 Å². The first-order chi connectivity index (χ1) is 31.8. The number of likely N-dealkylation sites (tertiary alicyclic amines) is 1. The fourth-order valence-electron chi connectivity index (χ4n) is 10.1. The predicted octanol–water partition coefficient (Wildman–Crippen LogP) is 10.0. The van der Waals surface area contributed by atoms with Gasteiger partial charge in [0.05, 0.1) is 47.6 Å². The van der Waals surface area contributed by atoms with Crippen molar-refractivity contribution in [2.24, 2.45) is 5.92 Å². The standard InChI is InChI=1S/C49H53ClF5N7O5/c1-28-18-38(59(21-29-8-12-33(64-5)13-9-29)22-30-10-14-34(65-6)15-11-30)56-43(40(28)49(53,54)55)39-36(50)19-35-42(41(39)52)57-45(66-27-48-16-7-17-61(48)25-32(51)20-48)58-44(35)60-23-31-24-62(37(31)26-60)46(63)67-47(2,3)4/h8-15,18-19,31-32,37H,7,16-17,20-27H2,1-6H3/t31?,32-,37?,48-/m1/s1. The molecule has 4 aliphatic heterocycles. The molecule has 5 aromatic rings. The summed E-state index contributed by atoms with van der Waals surface area (Å²) in [5.41, 5.74) is -2.67. The number of benzene rings is 3. The first-order valence-corrected chi connectivity index (χ1v) is 22.8. The van der Waals surface area contributed by atoms with Crippen molar-refractivity contribution in [2.45, 2.75) is 89.6 Å². The van der Waals surface area contributed by atoms with Gasteiger partial charge in [0.25, 0.3) is 0 Å². The lowest BCUT2D eigenvalue weighted by molar-refractivity contribution is -0.137. The molecule has 67 heavy (non-hydrogen) atoms. The molecule has 4 fully saturated rings. The van der Waals surface area contributed by atoms with E-state index in [1.165, 1.54) is 19.1 Å². The lowest BCUT2D eigenvalue weighted by atomic mass is 9.93. The zero-order valence-electron chi connectivity index (χ0n) is 38.2. The number of alkyl halides is 4. The Morgan fingerprint density at radius 3 is 2.18 bits per heavy atom. The Balaban J connectivity index is 1.16. The molecule has 6 heterocycles. The highest BCUT2D eigenvalue weighted by atomic mass is 35.5. The normalized spacial score (nSPS) is 21.6. The number of ether oxygens (including phenoxy) is 4. The summed E-state index contributed by atoms with van der Waals surface area (Å²) in [6.07, 6.45) is -4.67. The number of pyridine rings is 1. The van der Waals surface area contributed by atoms with Crippen molar-refractivity contribution in [2.75, 3.05) is 63.4 Å². The van der Waals surface area contributed by atoms with Gasteiger partial charge in [-0.25, -0.2) is 18.6 Å². The second-order valence-electron chi connectivity index (χ2n) is 19.1. The minimum atomic E-state index is -4.98. The molecule has 9 rings (SSSR count). The maximum Gasteiger partial charge on any atom is 0.418 e. The first-order valence-electron chi connectivity index (χ1n) is 22.4. The molecule has 0 spiro atoms. The summed E-state index contributed by atoms with van der Waals surface area (Å²) < 4.78 is 101. The molecule has 2 aromatic heterocycles. The molecule has 0 aliphatic carbocycles. The number of hydrogen-bond donors (Lipinski definition) is 0. The summed E-state index contributed by atoms with van der Waals surface area (Å²) in [6.45, 7) is 9.28. The number of methoxy groups -OCH3 is 2. The third-order valence-electron chi connectivity index (χ3n) is 13.4. The van der Waals surface area contributed by atoms with Crippen molar-refractivity contribution in [3.8, 4) is 28.8 Å². The Bertz CT molecular complexity index is 2620. The van der Waals surface area contributed by atoms with Crippen LogP contribution >= 0.6 is 11.6 Å². The maximum absolute atomic E-state index is 17.8. The van der Waals surface area contributed by atoms with Gasteiger partial charge in [-0.1, -0.05) is 35.9 Å². The number of hydrogen-bond acceptors (Lipinski definition) is 11. The Hall–Kier alpha value is -5.68. The molecule has 0 saturated carbocycles. The van der Waals surface area contributed by atoms with Crippen LogP contribution in [0.4, 0.5) is 38.4 Å². The van der Waals surface area contributed by atoms with E-state index in [0.29, 0.717) is 44.1 Å². The molecule has 356 valence electrons. The molecule has 0 bridgehead atoms. The van der Waals surface area contributed by atoms with Gasteiger partial charge < -0.3 is 33.6 Å². The fraction of sp³-hybridized carbons (Fsp3) is 0.469. The first kappa shape index (κ1) is 46.4. The van der Waals surface area contributed by atoms with Crippen molar-refractivity contribution >= 4 is 40.2 Å². The van der Waals surface area contributed by atoms with E-state index in [0.717, 1.165) is 17.5 Å². The van der Waals surface area contributed by atoms with Gasteiger partial charge in [0.1, 0.15) is 47.0 Å². The lowest BCUT2D eigenvalue weighted by Crippen LogP contribution is -2.59. The van der Waals surface area contributed by atoms with E-state index >= 15 is 17.6 Å². The number of anilines is 2. The third-order valence-corrected chi connectivity index (χ3v) is 13.6. The number of amides is 1. The van der Waals surface area contributed by atoms with Gasteiger partial charge in [-0.15, -0.1) is 0 Å². The average molecular weight is 950 g/mol. The number of halogens is 6. The van der Waals surface area contributed by atoms with Gasteiger partial charge in [-0.2, -0.15) is 23.1 Å². The maximum atomic E-state index is 17.8. The number of rotatable bonds is 12. The second-order valence-corrected chi connectivity index (χ2v) is 19.5. The predicted molar refractivity (Wildman–Crippen MR) is 244 cm³/mol. The highest BCUT2D eigenvalue weighted by Gasteiger charge is 2.51. The summed E-state index contributed by atoms with van der Waals surface area (Å²) in [5.74, 6) is 0.525. The number of carbonyl (C=O) groups excluding carboxylic acids is 1. The van der Waals surface area contributed by atoms with Gasteiger partial charge in [0.15, 0.2) is 5.82 Å². The monoisotopic (exact) mass is 949 g/mol. The highest BCUT2D eigenvalue weighted by Crippen LogP contribution is 2.47. The van der Waals surface area contributed by atoms with E-state index in [1.807, 2.05) is 29.2 Å². The van der Waals surface area contributed by atoms with Crippen LogP contribution in [0.2, 0.25) is 5.02 Å². The van der Waals surface area contributed by atoms with Crippen LogP contribution in [-0.2, 0) is 24.0 Å². The van der Waals surface area contributed by atoms with E-state index < -0.39 is 52.2 Å². The summed E-state index contributed by atoms with van der Waals surface area (Å²) in [4.78, 5) is 34.5. The zero-order chi connectivity index (χ0) is 47.6. The minimum Gasteiger partial charge on any atom is -0.497 e. The molecule has 4 saturated heterocycles. The second kappa shape index (κ2) is 17.8. The smallest absolute Gasteiger partial charge is 0.418 e. The topological polar surface area (TPSA) is 106 Å². The van der Waals surface area contributed by atoms with E-state index in [2.05, 4.69) is 14.9 Å². The molecule has 18 heteroatoms. The Labute approximate surface area is 390 Å². The summed E-state index contributed by atoms with van der Waals surface area (Å²) >= 11 is 7.00. The molecule has 2 unspecified atom stereocenters. The molecule has 1 amide bonds. The Kier molecular flexibility index (Phi) is 12.3. The number of fused-ring (bicyclic) bond motifs is 3. The van der Waals surface area contributed by atoms with Crippen molar-refractivity contribution in [1.29, 1.82) is 0 Å². The van der Waals surface area contributed by atoms with Crippen LogP contribution in [0, 0.1) is 18.7 Å². The SMILES string of the molecule is COc1ccc(CN(Cc2ccc(OC)cc2)c2cc(C)c(C(F)(F)F)c(-c3c(Cl)cc4c(N5CC6CN(C(=O)OC(C)(C)C)C6C5)nc(OC[C@]56CCCN5C[C@H](F)C6)nc4c3F)n2)cc1. The molecule has 4 aliphatic rings. The Morgan fingerprint density at radius 2 is 1.57 bits per heavy atom. The van der Waals surface area contributed by atoms with Crippen LogP contribution in [0.1, 0.15) is 62.3 Å². The number of nitrogens with zero attached hydrogens (tertiary/aromatic N) is 7. The minimum absolute atomic E-state index is 0.0251. The van der Waals surface area contributed by atoms with Gasteiger partial charge in [-0.05, 0) is 100 Å². The van der Waals surface area contributed by atoms with Crippen molar-refractivity contribution in [3.63, 3.8) is 0 Å². The number of aryl methyl sites for hydroxylation is 1. The van der Waals surface area contributed by atoms with E-state index in [4.69, 9.17) is 35.5 Å². The summed E-state index contributed by atoms with van der Waals surface area (Å²) in [5, 5.41) is -0.205. The summed E-state index contributed by atoms with van der Waals surface area (Å²) in [6, 6.07) is 16.8. The summed E-state index contributed by atoms with van der Waals surface area (Å²) in [7, 11) is 3.11. The van der Waals surface area contributed by atoms with Crippen LogP contribution in [0.5, 0.6) is 17.5 Å². The largest absolute Gasteiger partial charge is 0.497 e.